The third-order valence-electron chi connectivity index (χ3n) is 4.33. The Morgan fingerprint density at radius 1 is 1.23 bits per heavy atom. The summed E-state index contributed by atoms with van der Waals surface area (Å²) < 4.78 is 77.4. The summed E-state index contributed by atoms with van der Waals surface area (Å²) in [5.74, 6) is -0.674. The van der Waals surface area contributed by atoms with Crippen LogP contribution in [0.15, 0.2) is 29.3 Å². The Kier molecular flexibility index (Phi) is 8.52. The zero-order chi connectivity index (χ0) is 26.6. The van der Waals surface area contributed by atoms with E-state index in [1.165, 1.54) is 18.2 Å². The molecule has 0 spiro atoms. The maximum Gasteiger partial charge on any atom is 0.422 e. The van der Waals surface area contributed by atoms with E-state index in [1.54, 1.807) is 34.6 Å². The summed E-state index contributed by atoms with van der Waals surface area (Å²) in [6.07, 6.45) is -4.00. The molecule has 0 aliphatic rings. The number of aromatic nitrogens is 2. The maximum atomic E-state index is 13.6. The number of anilines is 3. The van der Waals surface area contributed by atoms with Crippen molar-refractivity contribution in [1.82, 2.24) is 9.78 Å². The monoisotopic (exact) mass is 521 g/mol. The Morgan fingerprint density at radius 3 is 2.43 bits per heavy atom. The number of ether oxygens (including phenoxy) is 2. The molecule has 0 unspecified atom stereocenters. The van der Waals surface area contributed by atoms with E-state index < -0.39 is 45.3 Å². The lowest BCUT2D eigenvalue weighted by Gasteiger charge is -2.26. The predicted molar refractivity (Wildman–Crippen MR) is 125 cm³/mol. The van der Waals surface area contributed by atoms with Crippen LogP contribution < -0.4 is 20.1 Å². The fourth-order valence-corrected chi connectivity index (χ4v) is 4.58. The summed E-state index contributed by atoms with van der Waals surface area (Å²) >= 11 is 0. The number of amides is 1. The van der Waals surface area contributed by atoms with Gasteiger partial charge < -0.3 is 15.2 Å². The molecule has 1 aromatic carbocycles. The van der Waals surface area contributed by atoms with Crippen LogP contribution in [0.5, 0.6) is 5.88 Å². The van der Waals surface area contributed by atoms with Gasteiger partial charge in [-0.1, -0.05) is 6.92 Å². The molecular formula is C21H30F3N5O5S. The highest BCUT2D eigenvalue weighted by molar-refractivity contribution is 7.93. The Bertz CT molecular complexity index is 1140. The van der Waals surface area contributed by atoms with Gasteiger partial charge in [0.2, 0.25) is 0 Å². The van der Waals surface area contributed by atoms with Crippen molar-refractivity contribution in [2.75, 3.05) is 28.5 Å². The van der Waals surface area contributed by atoms with Crippen LogP contribution >= 0.6 is 0 Å². The number of nitrogens with zero attached hydrogens (tertiary/aromatic N) is 3. The van der Waals surface area contributed by atoms with Crippen molar-refractivity contribution in [3.8, 4) is 5.88 Å². The minimum absolute atomic E-state index is 0.0198. The van der Waals surface area contributed by atoms with E-state index in [0.29, 0.717) is 6.42 Å². The van der Waals surface area contributed by atoms with Crippen molar-refractivity contribution in [2.24, 2.45) is 0 Å². The van der Waals surface area contributed by atoms with Crippen LogP contribution in [0.1, 0.15) is 41.0 Å². The molecule has 35 heavy (non-hydrogen) atoms. The van der Waals surface area contributed by atoms with Gasteiger partial charge in [-0.2, -0.15) is 13.2 Å². The molecular weight excluding hydrogens is 491 g/mol. The number of aryl methyl sites for hydroxylation is 1. The molecule has 0 aliphatic heterocycles. The Morgan fingerprint density at radius 2 is 1.89 bits per heavy atom. The quantitative estimate of drug-likeness (QED) is 0.469. The van der Waals surface area contributed by atoms with Crippen molar-refractivity contribution in [3.63, 3.8) is 0 Å². The first-order chi connectivity index (χ1) is 16.1. The Labute approximate surface area is 202 Å². The standard InChI is InChI=1S/C21H30F3N5O5S/c1-6-10-29(16-11-14(8-9-15(16)25)26-19(30)34-20(3,4)5)35(31,32)17-12-28(7-2)27-18(17)33-13-21(22,23)24/h8-9,11-12H,6-7,10,13,25H2,1-5H3,(H,26,30). The summed E-state index contributed by atoms with van der Waals surface area (Å²) in [5, 5.41) is 6.34. The molecule has 2 aromatic rings. The summed E-state index contributed by atoms with van der Waals surface area (Å²) in [7, 11) is -4.47. The van der Waals surface area contributed by atoms with E-state index in [2.05, 4.69) is 10.4 Å². The number of hydrogen-bond acceptors (Lipinski definition) is 7. The van der Waals surface area contributed by atoms with Crippen molar-refractivity contribution in [2.45, 2.75) is 64.3 Å². The molecule has 0 bridgehead atoms. The number of carbonyl (C=O) groups is 1. The first-order valence-corrected chi connectivity index (χ1v) is 12.2. The maximum absolute atomic E-state index is 13.6. The highest BCUT2D eigenvalue weighted by Crippen LogP contribution is 2.35. The van der Waals surface area contributed by atoms with Crippen LogP contribution in [0.4, 0.5) is 35.0 Å². The normalized spacial score (nSPS) is 12.3. The summed E-state index contributed by atoms with van der Waals surface area (Å²) in [4.78, 5) is 11.6. The molecule has 0 aliphatic carbocycles. The highest BCUT2D eigenvalue weighted by Gasteiger charge is 2.35. The number of alkyl halides is 3. The molecule has 0 saturated heterocycles. The number of nitrogens with two attached hydrogens (primary N) is 1. The Balaban J connectivity index is 2.50. The second kappa shape index (κ2) is 10.6. The van der Waals surface area contributed by atoms with Crippen molar-refractivity contribution >= 4 is 33.2 Å². The van der Waals surface area contributed by atoms with Gasteiger partial charge in [0.25, 0.3) is 15.9 Å². The van der Waals surface area contributed by atoms with E-state index in [1.807, 2.05) is 0 Å². The van der Waals surface area contributed by atoms with Gasteiger partial charge >= 0.3 is 12.3 Å². The van der Waals surface area contributed by atoms with E-state index in [9.17, 15) is 26.4 Å². The lowest BCUT2D eigenvalue weighted by molar-refractivity contribution is -0.154. The summed E-state index contributed by atoms with van der Waals surface area (Å²) in [6.45, 7) is 6.86. The fraction of sp³-hybridized carbons (Fsp3) is 0.524. The molecule has 10 nitrogen and oxygen atoms in total. The van der Waals surface area contributed by atoms with Crippen LogP contribution in [0.3, 0.4) is 0 Å². The molecule has 196 valence electrons. The van der Waals surface area contributed by atoms with Gasteiger partial charge in [0.05, 0.1) is 11.4 Å². The molecule has 0 fully saturated rings. The number of nitrogens with one attached hydrogen (secondary N) is 1. The van der Waals surface area contributed by atoms with Crippen LogP contribution in [0, 0.1) is 0 Å². The van der Waals surface area contributed by atoms with Crippen LogP contribution in [-0.4, -0.2) is 49.2 Å². The number of halogens is 3. The van der Waals surface area contributed by atoms with Gasteiger partial charge in [0.15, 0.2) is 11.5 Å². The molecule has 0 radical (unpaired) electrons. The van der Waals surface area contributed by atoms with E-state index in [0.717, 1.165) is 15.2 Å². The lowest BCUT2D eigenvalue weighted by atomic mass is 10.2. The molecule has 1 aromatic heterocycles. The Hall–Kier alpha value is -3.16. The summed E-state index contributed by atoms with van der Waals surface area (Å²) in [6, 6.07) is 4.20. The second-order valence-electron chi connectivity index (χ2n) is 8.54. The summed E-state index contributed by atoms with van der Waals surface area (Å²) in [5.41, 5.74) is 5.60. The zero-order valence-corrected chi connectivity index (χ0v) is 21.0. The predicted octanol–water partition coefficient (Wildman–Crippen LogP) is 4.38. The number of carbonyl (C=O) groups excluding carboxylic acids is 1. The fourth-order valence-electron chi connectivity index (χ4n) is 2.93. The second-order valence-corrected chi connectivity index (χ2v) is 10.4. The molecule has 1 heterocycles. The highest BCUT2D eigenvalue weighted by atomic mass is 32.2. The lowest BCUT2D eigenvalue weighted by Crippen LogP contribution is -2.33. The third-order valence-corrected chi connectivity index (χ3v) is 6.13. The first-order valence-electron chi connectivity index (χ1n) is 10.8. The van der Waals surface area contributed by atoms with Crippen LogP contribution in [0.2, 0.25) is 0 Å². The van der Waals surface area contributed by atoms with Gasteiger partial charge in [-0.05, 0) is 52.3 Å². The van der Waals surface area contributed by atoms with E-state index in [-0.39, 0.29) is 30.2 Å². The number of hydrogen-bond donors (Lipinski definition) is 2. The number of nitrogen functional groups attached to an aromatic ring is 1. The smallest absolute Gasteiger partial charge is 0.422 e. The van der Waals surface area contributed by atoms with Gasteiger partial charge in [0.1, 0.15) is 5.60 Å². The van der Waals surface area contributed by atoms with Crippen molar-refractivity contribution in [1.29, 1.82) is 0 Å². The van der Waals surface area contributed by atoms with Crippen molar-refractivity contribution in [3.05, 3.63) is 24.4 Å². The number of sulfonamides is 1. The van der Waals surface area contributed by atoms with Gasteiger partial charge in [0, 0.05) is 25.0 Å². The minimum atomic E-state index is -4.69. The first kappa shape index (κ1) is 28.1. The molecule has 0 saturated carbocycles. The zero-order valence-electron chi connectivity index (χ0n) is 20.1. The van der Waals surface area contributed by atoms with E-state index >= 15 is 0 Å². The topological polar surface area (TPSA) is 129 Å². The average molecular weight is 522 g/mol. The average Bonchev–Trinajstić information content (AvgIpc) is 3.14. The van der Waals surface area contributed by atoms with Crippen molar-refractivity contribution < 1.29 is 35.9 Å². The van der Waals surface area contributed by atoms with Gasteiger partial charge in [-0.25, -0.2) is 13.2 Å². The molecule has 0 atom stereocenters. The van der Waals surface area contributed by atoms with Crippen LogP contribution in [-0.2, 0) is 21.3 Å². The molecule has 1 amide bonds. The van der Waals surface area contributed by atoms with Gasteiger partial charge in [-0.15, -0.1) is 5.10 Å². The largest absolute Gasteiger partial charge is 0.466 e. The SMILES string of the molecule is CCCN(c1cc(NC(=O)OC(C)(C)C)ccc1N)S(=O)(=O)c1cn(CC)nc1OCC(F)(F)F. The van der Waals surface area contributed by atoms with Gasteiger partial charge in [-0.3, -0.25) is 14.3 Å². The number of rotatable bonds is 9. The minimum Gasteiger partial charge on any atom is -0.466 e. The molecule has 2 rings (SSSR count). The molecule has 14 heteroatoms. The number of benzene rings is 1. The van der Waals surface area contributed by atoms with E-state index in [4.69, 9.17) is 15.2 Å². The molecule has 3 N–H and O–H groups in total. The van der Waals surface area contributed by atoms with Crippen LogP contribution in [0.25, 0.3) is 0 Å². The third kappa shape index (κ3) is 7.67.